The van der Waals surface area contributed by atoms with Crippen LogP contribution < -0.4 is 8.85 Å². The van der Waals surface area contributed by atoms with Gasteiger partial charge in [0.05, 0.1) is 28.4 Å². The molecule has 5 nitrogen and oxygen atoms in total. The molecule has 1 aromatic rings. The van der Waals surface area contributed by atoms with Crippen LogP contribution in [-0.4, -0.2) is 15.8 Å². The number of anilines is 1. The van der Waals surface area contributed by atoms with Gasteiger partial charge in [0.2, 0.25) is 5.28 Å². The van der Waals surface area contributed by atoms with Gasteiger partial charge in [0.1, 0.15) is 5.82 Å². The fourth-order valence-corrected chi connectivity index (χ4v) is 1.51. The second-order valence-electron chi connectivity index (χ2n) is 3.53. The van der Waals surface area contributed by atoms with E-state index in [0.717, 1.165) is 11.4 Å². The van der Waals surface area contributed by atoms with Crippen molar-refractivity contribution < 1.29 is 4.79 Å². The minimum atomic E-state index is -0.132. The lowest BCUT2D eigenvalue weighted by Crippen LogP contribution is -2.07. The molecule has 0 amide bonds. The zero-order valence-corrected chi connectivity index (χ0v) is 12.8. The number of rotatable bonds is 5. The minimum Gasteiger partial charge on any atom is -0.343 e. The molecule has 0 saturated heterocycles. The standard InChI is InChI=1S/C11H12ClIN4O/c1-6(4-7(2)17-13)15-10-9(8(3)18)5-14-11(12)16-10/h4-5,17H,2H2,1,3H3,(H,14,15,16)/b6-4+. The summed E-state index contributed by atoms with van der Waals surface area (Å²) in [7, 11) is 0. The van der Waals surface area contributed by atoms with Gasteiger partial charge in [-0.15, -0.1) is 0 Å². The molecule has 0 fully saturated rings. The first kappa shape index (κ1) is 14.9. The molecule has 0 aliphatic carbocycles. The van der Waals surface area contributed by atoms with Crippen LogP contribution >= 0.6 is 34.5 Å². The fraction of sp³-hybridized carbons (Fsp3) is 0.182. The molecule has 0 saturated carbocycles. The van der Waals surface area contributed by atoms with E-state index < -0.39 is 0 Å². The van der Waals surface area contributed by atoms with Crippen molar-refractivity contribution >= 4 is 46.1 Å². The molecule has 0 bridgehead atoms. The maximum absolute atomic E-state index is 11.4. The number of nitrogens with one attached hydrogen (secondary N) is 2. The zero-order valence-electron chi connectivity index (χ0n) is 9.92. The van der Waals surface area contributed by atoms with Gasteiger partial charge in [0.15, 0.2) is 5.78 Å². The number of hydrogen-bond donors (Lipinski definition) is 2. The molecule has 0 atom stereocenters. The molecular formula is C11H12ClIN4O. The molecule has 0 aromatic carbocycles. The Morgan fingerprint density at radius 2 is 2.22 bits per heavy atom. The molecule has 0 unspecified atom stereocenters. The fourth-order valence-electron chi connectivity index (χ4n) is 1.22. The Kier molecular flexibility index (Phi) is 5.54. The number of aromatic nitrogens is 2. The van der Waals surface area contributed by atoms with E-state index in [1.54, 1.807) is 6.08 Å². The molecular weight excluding hydrogens is 367 g/mol. The summed E-state index contributed by atoms with van der Waals surface area (Å²) in [5.41, 5.74) is 1.90. The molecule has 0 aliphatic heterocycles. The van der Waals surface area contributed by atoms with Gasteiger partial charge in [0.25, 0.3) is 0 Å². The van der Waals surface area contributed by atoms with Crippen molar-refractivity contribution in [2.45, 2.75) is 13.8 Å². The average Bonchev–Trinajstić information content (AvgIpc) is 2.28. The summed E-state index contributed by atoms with van der Waals surface area (Å²) in [4.78, 5) is 19.2. The molecule has 2 N–H and O–H groups in total. The second kappa shape index (κ2) is 6.69. The summed E-state index contributed by atoms with van der Waals surface area (Å²) in [6.45, 7) is 7.05. The highest BCUT2D eigenvalue weighted by atomic mass is 127. The van der Waals surface area contributed by atoms with Crippen molar-refractivity contribution in [3.05, 3.63) is 41.1 Å². The van der Waals surface area contributed by atoms with Gasteiger partial charge in [-0.05, 0) is 31.5 Å². The smallest absolute Gasteiger partial charge is 0.224 e. The van der Waals surface area contributed by atoms with E-state index in [1.165, 1.54) is 13.1 Å². The van der Waals surface area contributed by atoms with E-state index >= 15 is 0 Å². The summed E-state index contributed by atoms with van der Waals surface area (Å²) in [6.07, 6.45) is 3.19. The highest BCUT2D eigenvalue weighted by Gasteiger charge is 2.10. The first-order valence-corrected chi connectivity index (χ1v) is 6.44. The molecule has 1 aromatic heterocycles. The number of carbonyl (C=O) groups is 1. The lowest BCUT2D eigenvalue weighted by atomic mass is 10.2. The molecule has 0 spiro atoms. The molecule has 1 heterocycles. The summed E-state index contributed by atoms with van der Waals surface area (Å²) in [5, 5.41) is 3.08. The number of allylic oxidation sites excluding steroid dienone is 2. The van der Waals surface area contributed by atoms with Gasteiger partial charge >= 0.3 is 0 Å². The number of carbonyl (C=O) groups excluding carboxylic acids is 1. The van der Waals surface area contributed by atoms with Gasteiger partial charge in [-0.25, -0.2) is 4.98 Å². The van der Waals surface area contributed by atoms with Crippen molar-refractivity contribution in [3.8, 4) is 0 Å². The molecule has 0 radical (unpaired) electrons. The van der Waals surface area contributed by atoms with Crippen LogP contribution in [0.25, 0.3) is 0 Å². The molecule has 7 heteroatoms. The van der Waals surface area contributed by atoms with Crippen molar-refractivity contribution in [1.29, 1.82) is 0 Å². The summed E-state index contributed by atoms with van der Waals surface area (Å²) < 4.78 is 2.86. The minimum absolute atomic E-state index is 0.0844. The van der Waals surface area contributed by atoms with Crippen LogP contribution in [0.5, 0.6) is 0 Å². The lowest BCUT2D eigenvalue weighted by molar-refractivity contribution is 0.101. The molecule has 0 aliphatic rings. The zero-order chi connectivity index (χ0) is 13.7. The van der Waals surface area contributed by atoms with Crippen LogP contribution in [0.15, 0.2) is 30.2 Å². The van der Waals surface area contributed by atoms with Crippen LogP contribution in [0.1, 0.15) is 24.2 Å². The SMILES string of the molecule is C=C(/C=C(\C)Nc1nc(Cl)ncc1C(C)=O)NI. The third-order valence-corrected chi connectivity index (χ3v) is 2.84. The van der Waals surface area contributed by atoms with E-state index in [0.29, 0.717) is 11.4 Å². The Morgan fingerprint density at radius 3 is 2.78 bits per heavy atom. The van der Waals surface area contributed by atoms with Crippen LogP contribution in [0, 0.1) is 0 Å². The number of Topliss-reactive ketones (excluding diaryl/α,β-unsaturated/α-hetero) is 1. The predicted molar refractivity (Wildman–Crippen MR) is 80.7 cm³/mol. The second-order valence-corrected chi connectivity index (χ2v) is 4.41. The summed E-state index contributed by atoms with van der Waals surface area (Å²) >= 11 is 7.69. The average molecular weight is 379 g/mol. The van der Waals surface area contributed by atoms with Crippen LogP contribution in [0.3, 0.4) is 0 Å². The third-order valence-electron chi connectivity index (χ3n) is 1.97. The molecule has 96 valence electrons. The Morgan fingerprint density at radius 1 is 1.56 bits per heavy atom. The van der Waals surface area contributed by atoms with E-state index in [-0.39, 0.29) is 11.1 Å². The molecule has 1 rings (SSSR count). The normalized spacial score (nSPS) is 11.0. The van der Waals surface area contributed by atoms with E-state index in [9.17, 15) is 4.79 Å². The Balaban J connectivity index is 3.03. The highest BCUT2D eigenvalue weighted by Crippen LogP contribution is 2.16. The monoisotopic (exact) mass is 378 g/mol. The largest absolute Gasteiger partial charge is 0.343 e. The maximum Gasteiger partial charge on any atom is 0.224 e. The summed E-state index contributed by atoms with van der Waals surface area (Å²) in [6, 6.07) is 0. The van der Waals surface area contributed by atoms with E-state index in [4.69, 9.17) is 11.6 Å². The highest BCUT2D eigenvalue weighted by molar-refractivity contribution is 14.1. The Hall–Kier alpha value is -1.15. The number of nitrogens with zero attached hydrogens (tertiary/aromatic N) is 2. The van der Waals surface area contributed by atoms with E-state index in [1.807, 2.05) is 29.8 Å². The number of ketones is 1. The van der Waals surface area contributed by atoms with Crippen molar-refractivity contribution in [2.24, 2.45) is 0 Å². The third kappa shape index (κ3) is 4.26. The number of hydrogen-bond acceptors (Lipinski definition) is 5. The van der Waals surface area contributed by atoms with Crippen LogP contribution in [-0.2, 0) is 0 Å². The predicted octanol–water partition coefficient (Wildman–Crippen LogP) is 3.10. The first-order chi connectivity index (χ1) is 8.43. The van der Waals surface area contributed by atoms with Crippen molar-refractivity contribution in [3.63, 3.8) is 0 Å². The van der Waals surface area contributed by atoms with Gasteiger partial charge in [-0.1, -0.05) is 6.58 Å². The van der Waals surface area contributed by atoms with Gasteiger partial charge in [0, 0.05) is 17.6 Å². The van der Waals surface area contributed by atoms with Gasteiger partial charge < -0.3 is 8.85 Å². The van der Waals surface area contributed by atoms with Crippen molar-refractivity contribution in [1.82, 2.24) is 13.5 Å². The summed E-state index contributed by atoms with van der Waals surface area (Å²) in [5.74, 6) is 0.255. The molecule has 18 heavy (non-hydrogen) atoms. The maximum atomic E-state index is 11.4. The van der Waals surface area contributed by atoms with Crippen LogP contribution in [0.4, 0.5) is 5.82 Å². The first-order valence-electron chi connectivity index (χ1n) is 4.98. The van der Waals surface area contributed by atoms with Gasteiger partial charge in [-0.2, -0.15) is 4.98 Å². The van der Waals surface area contributed by atoms with Crippen LogP contribution in [0.2, 0.25) is 5.28 Å². The lowest BCUT2D eigenvalue weighted by Gasteiger charge is -2.09. The van der Waals surface area contributed by atoms with Gasteiger partial charge in [-0.3, -0.25) is 4.79 Å². The van der Waals surface area contributed by atoms with E-state index in [2.05, 4.69) is 25.4 Å². The van der Waals surface area contributed by atoms with Crippen molar-refractivity contribution in [2.75, 3.05) is 5.32 Å². The number of halogens is 2. The Bertz CT molecular complexity index is 516. The topological polar surface area (TPSA) is 66.9 Å². The Labute approximate surface area is 124 Å². The quantitative estimate of drug-likeness (QED) is 0.271.